The molecule has 0 aromatic rings. The summed E-state index contributed by atoms with van der Waals surface area (Å²) in [6, 6.07) is 0. The third kappa shape index (κ3) is 6.39. The van der Waals surface area contributed by atoms with Crippen LogP contribution in [0.1, 0.15) is 41.0 Å². The van der Waals surface area contributed by atoms with Gasteiger partial charge in [-0.05, 0) is 31.2 Å². The zero-order valence-electron chi connectivity index (χ0n) is 10.5. The van der Waals surface area contributed by atoms with E-state index in [1.165, 1.54) is 6.42 Å². The Morgan fingerprint density at radius 1 is 1.21 bits per heavy atom. The van der Waals surface area contributed by atoms with E-state index in [9.17, 15) is 0 Å². The smallest absolute Gasteiger partial charge is 0.0511 e. The largest absolute Gasteiger partial charge is 0.381 e. The van der Waals surface area contributed by atoms with Crippen LogP contribution in [0.5, 0.6) is 0 Å². The van der Waals surface area contributed by atoms with Crippen LogP contribution >= 0.6 is 0 Å². The van der Waals surface area contributed by atoms with Crippen molar-refractivity contribution in [3.8, 4) is 0 Å². The lowest BCUT2D eigenvalue weighted by molar-refractivity contribution is 0.0626. The van der Waals surface area contributed by atoms with E-state index in [1.54, 1.807) is 0 Å². The first kappa shape index (κ1) is 13.9. The van der Waals surface area contributed by atoms with Crippen molar-refractivity contribution < 1.29 is 4.74 Å². The van der Waals surface area contributed by atoms with E-state index >= 15 is 0 Å². The predicted molar refractivity (Wildman–Crippen MR) is 62.6 cm³/mol. The van der Waals surface area contributed by atoms with Crippen LogP contribution in [0.15, 0.2) is 0 Å². The third-order valence-corrected chi connectivity index (χ3v) is 2.57. The zero-order valence-corrected chi connectivity index (χ0v) is 10.5. The topological polar surface area (TPSA) is 21.3 Å². The van der Waals surface area contributed by atoms with Gasteiger partial charge in [-0.15, -0.1) is 0 Å². The Hall–Kier alpha value is -0.0800. The Balaban J connectivity index is 3.85. The summed E-state index contributed by atoms with van der Waals surface area (Å²) in [5.41, 5.74) is 0.329. The quantitative estimate of drug-likeness (QED) is 0.639. The SMILES string of the molecule is CCCNCC(COCC)C(C)(C)C. The highest BCUT2D eigenvalue weighted by molar-refractivity contribution is 4.75. The van der Waals surface area contributed by atoms with Gasteiger partial charge in [-0.25, -0.2) is 0 Å². The maximum absolute atomic E-state index is 5.51. The first-order valence-corrected chi connectivity index (χ1v) is 5.80. The molecule has 0 bridgehead atoms. The molecule has 0 rings (SSSR count). The van der Waals surface area contributed by atoms with Crippen molar-refractivity contribution in [1.82, 2.24) is 5.32 Å². The number of hydrogen-bond acceptors (Lipinski definition) is 2. The normalized spacial score (nSPS) is 14.4. The average molecular weight is 201 g/mol. The fourth-order valence-electron chi connectivity index (χ4n) is 1.33. The molecule has 0 aromatic carbocycles. The molecule has 2 heteroatoms. The predicted octanol–water partition coefficient (Wildman–Crippen LogP) is 2.68. The molecule has 0 saturated carbocycles. The lowest BCUT2D eigenvalue weighted by atomic mass is 9.81. The minimum Gasteiger partial charge on any atom is -0.381 e. The van der Waals surface area contributed by atoms with Crippen molar-refractivity contribution in [3.05, 3.63) is 0 Å². The Morgan fingerprint density at radius 3 is 2.29 bits per heavy atom. The zero-order chi connectivity index (χ0) is 11.0. The standard InChI is InChI=1S/C12H27NO/c1-6-8-13-9-11(10-14-7-2)12(3,4)5/h11,13H,6-10H2,1-5H3. The summed E-state index contributed by atoms with van der Waals surface area (Å²) in [5.74, 6) is 0.606. The molecule has 86 valence electrons. The lowest BCUT2D eigenvalue weighted by Gasteiger charge is -2.30. The Bertz CT molecular complexity index is 129. The highest BCUT2D eigenvalue weighted by atomic mass is 16.5. The monoisotopic (exact) mass is 201 g/mol. The molecule has 0 fully saturated rings. The molecule has 0 radical (unpaired) electrons. The number of nitrogens with one attached hydrogen (secondary N) is 1. The van der Waals surface area contributed by atoms with Crippen molar-refractivity contribution in [3.63, 3.8) is 0 Å². The molecule has 1 atom stereocenters. The van der Waals surface area contributed by atoms with Gasteiger partial charge in [-0.3, -0.25) is 0 Å². The van der Waals surface area contributed by atoms with E-state index in [2.05, 4.69) is 39.9 Å². The first-order chi connectivity index (χ1) is 6.52. The highest BCUT2D eigenvalue weighted by Crippen LogP contribution is 2.25. The molecule has 14 heavy (non-hydrogen) atoms. The van der Waals surface area contributed by atoms with Crippen LogP contribution in [0.4, 0.5) is 0 Å². The molecule has 1 unspecified atom stereocenters. The molecule has 0 spiro atoms. The Labute approximate surface area is 89.4 Å². The van der Waals surface area contributed by atoms with Gasteiger partial charge in [0, 0.05) is 13.2 Å². The van der Waals surface area contributed by atoms with E-state index in [1.807, 2.05) is 0 Å². The number of ether oxygens (including phenoxy) is 1. The van der Waals surface area contributed by atoms with Crippen molar-refractivity contribution in [2.24, 2.45) is 11.3 Å². The number of rotatable bonds is 7. The van der Waals surface area contributed by atoms with Gasteiger partial charge in [0.15, 0.2) is 0 Å². The molecule has 1 N–H and O–H groups in total. The molecule has 0 heterocycles. The second-order valence-electron chi connectivity index (χ2n) is 4.93. The maximum atomic E-state index is 5.51. The number of hydrogen-bond donors (Lipinski definition) is 1. The summed E-state index contributed by atoms with van der Waals surface area (Å²) in [6.07, 6.45) is 1.20. The van der Waals surface area contributed by atoms with Crippen LogP contribution in [0.3, 0.4) is 0 Å². The average Bonchev–Trinajstić information content (AvgIpc) is 2.09. The molecule has 2 nitrogen and oxygen atoms in total. The van der Waals surface area contributed by atoms with Gasteiger partial charge in [0.25, 0.3) is 0 Å². The fraction of sp³-hybridized carbons (Fsp3) is 1.00. The molecule has 0 amide bonds. The van der Waals surface area contributed by atoms with E-state index in [4.69, 9.17) is 4.74 Å². The van der Waals surface area contributed by atoms with Gasteiger partial charge in [-0.1, -0.05) is 27.7 Å². The maximum Gasteiger partial charge on any atom is 0.0511 e. The third-order valence-electron chi connectivity index (χ3n) is 2.57. The minimum atomic E-state index is 0.329. The van der Waals surface area contributed by atoms with Crippen LogP contribution in [0, 0.1) is 11.3 Å². The van der Waals surface area contributed by atoms with Crippen molar-refractivity contribution in [2.45, 2.75) is 41.0 Å². The molecule has 0 aliphatic carbocycles. The molecule has 0 saturated heterocycles. The summed E-state index contributed by atoms with van der Waals surface area (Å²) in [7, 11) is 0. The van der Waals surface area contributed by atoms with Crippen LogP contribution in [-0.4, -0.2) is 26.3 Å². The van der Waals surface area contributed by atoms with Crippen LogP contribution in [-0.2, 0) is 4.74 Å². The highest BCUT2D eigenvalue weighted by Gasteiger charge is 2.23. The van der Waals surface area contributed by atoms with Crippen LogP contribution < -0.4 is 5.32 Å². The van der Waals surface area contributed by atoms with E-state index < -0.39 is 0 Å². The second kappa shape index (κ2) is 7.24. The fourth-order valence-corrected chi connectivity index (χ4v) is 1.33. The van der Waals surface area contributed by atoms with Gasteiger partial charge in [0.05, 0.1) is 6.61 Å². The molecule has 0 aliphatic rings. The summed E-state index contributed by atoms with van der Waals surface area (Å²) in [5, 5.41) is 3.47. The lowest BCUT2D eigenvalue weighted by Crippen LogP contribution is -2.35. The summed E-state index contributed by atoms with van der Waals surface area (Å²) in [4.78, 5) is 0. The minimum absolute atomic E-state index is 0.329. The van der Waals surface area contributed by atoms with E-state index in [0.717, 1.165) is 26.3 Å². The summed E-state index contributed by atoms with van der Waals surface area (Å²) < 4.78 is 5.51. The summed E-state index contributed by atoms with van der Waals surface area (Å²) in [6.45, 7) is 15.0. The van der Waals surface area contributed by atoms with E-state index in [0.29, 0.717) is 11.3 Å². The van der Waals surface area contributed by atoms with E-state index in [-0.39, 0.29) is 0 Å². The van der Waals surface area contributed by atoms with Gasteiger partial charge in [0.2, 0.25) is 0 Å². The van der Waals surface area contributed by atoms with Crippen LogP contribution in [0.25, 0.3) is 0 Å². The van der Waals surface area contributed by atoms with Crippen LogP contribution in [0.2, 0.25) is 0 Å². The summed E-state index contributed by atoms with van der Waals surface area (Å²) >= 11 is 0. The Kier molecular flexibility index (Phi) is 7.20. The van der Waals surface area contributed by atoms with Crippen molar-refractivity contribution in [2.75, 3.05) is 26.3 Å². The van der Waals surface area contributed by atoms with Gasteiger partial charge in [0.1, 0.15) is 0 Å². The van der Waals surface area contributed by atoms with Crippen molar-refractivity contribution in [1.29, 1.82) is 0 Å². The first-order valence-electron chi connectivity index (χ1n) is 5.80. The van der Waals surface area contributed by atoms with Gasteiger partial charge >= 0.3 is 0 Å². The molecular formula is C12H27NO. The van der Waals surface area contributed by atoms with Gasteiger partial charge < -0.3 is 10.1 Å². The van der Waals surface area contributed by atoms with Crippen molar-refractivity contribution >= 4 is 0 Å². The second-order valence-corrected chi connectivity index (χ2v) is 4.93. The Morgan fingerprint density at radius 2 is 1.86 bits per heavy atom. The molecule has 0 aromatic heterocycles. The van der Waals surface area contributed by atoms with Gasteiger partial charge in [-0.2, -0.15) is 0 Å². The molecular weight excluding hydrogens is 174 g/mol. The molecule has 0 aliphatic heterocycles.